The molecule has 0 radical (unpaired) electrons. The SMILES string of the molecule is O=C(Cc1cccc2cccnc12)N[C@@H]1CCCN(c2ncccn2)C1. The number of hydrogen-bond donors (Lipinski definition) is 1. The van der Waals surface area contributed by atoms with Crippen molar-refractivity contribution in [2.75, 3.05) is 18.0 Å². The summed E-state index contributed by atoms with van der Waals surface area (Å²) < 4.78 is 0. The number of aromatic nitrogens is 3. The number of rotatable bonds is 4. The molecule has 2 aromatic heterocycles. The topological polar surface area (TPSA) is 71.0 Å². The molecule has 1 N–H and O–H groups in total. The Balaban J connectivity index is 1.41. The van der Waals surface area contributed by atoms with E-state index >= 15 is 0 Å². The standard InChI is InChI=1S/C20H21N5O/c26-18(13-16-6-1-5-15-7-2-9-21-19(15)16)24-17-8-3-12-25(14-17)20-22-10-4-11-23-20/h1-2,4-7,9-11,17H,3,8,12-14H2,(H,24,26)/t17-/m1/s1. The lowest BCUT2D eigenvalue weighted by Gasteiger charge is -2.33. The highest BCUT2D eigenvalue weighted by Crippen LogP contribution is 2.18. The molecule has 3 heterocycles. The lowest BCUT2D eigenvalue weighted by atomic mass is 10.0. The number of nitrogens with one attached hydrogen (secondary N) is 1. The zero-order valence-electron chi connectivity index (χ0n) is 14.5. The van der Waals surface area contributed by atoms with Crippen LogP contribution < -0.4 is 10.2 Å². The van der Waals surface area contributed by atoms with Crippen LogP contribution >= 0.6 is 0 Å². The minimum Gasteiger partial charge on any atom is -0.351 e. The first-order chi connectivity index (χ1) is 12.8. The minimum atomic E-state index is 0.0315. The quantitative estimate of drug-likeness (QED) is 0.784. The molecule has 0 spiro atoms. The van der Waals surface area contributed by atoms with Crippen LogP contribution in [0.15, 0.2) is 55.0 Å². The first kappa shape index (κ1) is 16.4. The van der Waals surface area contributed by atoms with E-state index in [0.717, 1.165) is 48.3 Å². The number of carbonyl (C=O) groups excluding carboxylic acids is 1. The molecule has 1 atom stereocenters. The van der Waals surface area contributed by atoms with E-state index in [1.54, 1.807) is 18.6 Å². The van der Waals surface area contributed by atoms with Crippen LogP contribution in [0.3, 0.4) is 0 Å². The molecule has 0 saturated carbocycles. The monoisotopic (exact) mass is 347 g/mol. The number of pyridine rings is 1. The summed E-state index contributed by atoms with van der Waals surface area (Å²) in [5, 5.41) is 4.23. The van der Waals surface area contributed by atoms with E-state index < -0.39 is 0 Å². The van der Waals surface area contributed by atoms with Gasteiger partial charge in [0.25, 0.3) is 0 Å². The molecule has 26 heavy (non-hydrogen) atoms. The van der Waals surface area contributed by atoms with Crippen LogP contribution in [-0.4, -0.2) is 40.0 Å². The molecule has 1 aliphatic heterocycles. The third-order valence-electron chi connectivity index (χ3n) is 4.69. The highest BCUT2D eigenvalue weighted by molar-refractivity contribution is 5.87. The van der Waals surface area contributed by atoms with Gasteiger partial charge in [-0.1, -0.05) is 24.3 Å². The van der Waals surface area contributed by atoms with Gasteiger partial charge in [0.2, 0.25) is 11.9 Å². The molecule has 0 bridgehead atoms. The highest BCUT2D eigenvalue weighted by atomic mass is 16.1. The van der Waals surface area contributed by atoms with Gasteiger partial charge < -0.3 is 10.2 Å². The van der Waals surface area contributed by atoms with Gasteiger partial charge in [-0.2, -0.15) is 0 Å². The number of carbonyl (C=O) groups is 1. The molecule has 1 saturated heterocycles. The fourth-order valence-corrected chi connectivity index (χ4v) is 3.49. The second kappa shape index (κ2) is 7.47. The molecule has 4 rings (SSSR count). The summed E-state index contributed by atoms with van der Waals surface area (Å²) in [6, 6.07) is 11.8. The van der Waals surface area contributed by atoms with E-state index in [-0.39, 0.29) is 11.9 Å². The molecule has 1 amide bonds. The Labute approximate surface area is 152 Å². The first-order valence-corrected chi connectivity index (χ1v) is 8.93. The predicted molar refractivity (Wildman–Crippen MR) is 101 cm³/mol. The van der Waals surface area contributed by atoms with E-state index in [2.05, 4.69) is 25.2 Å². The number of benzene rings is 1. The fraction of sp³-hybridized carbons (Fsp3) is 0.300. The van der Waals surface area contributed by atoms with Gasteiger partial charge in [0.05, 0.1) is 11.9 Å². The number of hydrogen-bond acceptors (Lipinski definition) is 5. The summed E-state index contributed by atoms with van der Waals surface area (Å²) in [6.45, 7) is 1.66. The summed E-state index contributed by atoms with van der Waals surface area (Å²) in [5.74, 6) is 0.758. The Kier molecular flexibility index (Phi) is 4.73. The Morgan fingerprint density at radius 3 is 2.77 bits per heavy atom. The maximum Gasteiger partial charge on any atom is 0.225 e. The van der Waals surface area contributed by atoms with Crippen molar-refractivity contribution < 1.29 is 4.79 Å². The number of nitrogens with zero attached hydrogens (tertiary/aromatic N) is 4. The Hall–Kier alpha value is -3.02. The number of fused-ring (bicyclic) bond motifs is 1. The summed E-state index contributed by atoms with van der Waals surface area (Å²) >= 11 is 0. The predicted octanol–water partition coefficient (Wildman–Crippen LogP) is 2.35. The summed E-state index contributed by atoms with van der Waals surface area (Å²) in [6.07, 6.45) is 7.59. The lowest BCUT2D eigenvalue weighted by molar-refractivity contribution is -0.121. The highest BCUT2D eigenvalue weighted by Gasteiger charge is 2.23. The van der Waals surface area contributed by atoms with E-state index in [4.69, 9.17) is 0 Å². The molecular formula is C20H21N5O. The fourth-order valence-electron chi connectivity index (χ4n) is 3.49. The average Bonchev–Trinajstić information content (AvgIpc) is 2.69. The molecular weight excluding hydrogens is 326 g/mol. The summed E-state index contributed by atoms with van der Waals surface area (Å²) in [7, 11) is 0. The maximum absolute atomic E-state index is 12.6. The van der Waals surface area contributed by atoms with Crippen molar-refractivity contribution in [2.24, 2.45) is 0 Å². The lowest BCUT2D eigenvalue weighted by Crippen LogP contribution is -2.48. The van der Waals surface area contributed by atoms with E-state index in [1.807, 2.05) is 36.4 Å². The zero-order chi connectivity index (χ0) is 17.8. The van der Waals surface area contributed by atoms with Gasteiger partial charge in [0.15, 0.2) is 0 Å². The van der Waals surface area contributed by atoms with Gasteiger partial charge in [-0.25, -0.2) is 9.97 Å². The molecule has 1 fully saturated rings. The Morgan fingerprint density at radius 2 is 1.88 bits per heavy atom. The Morgan fingerprint density at radius 1 is 1.08 bits per heavy atom. The first-order valence-electron chi connectivity index (χ1n) is 8.93. The van der Waals surface area contributed by atoms with Crippen LogP contribution in [0.4, 0.5) is 5.95 Å². The second-order valence-electron chi connectivity index (χ2n) is 6.57. The molecule has 1 aliphatic rings. The van der Waals surface area contributed by atoms with Crippen molar-refractivity contribution in [1.29, 1.82) is 0 Å². The van der Waals surface area contributed by atoms with Crippen molar-refractivity contribution in [3.63, 3.8) is 0 Å². The Bertz CT molecular complexity index is 894. The largest absolute Gasteiger partial charge is 0.351 e. The number of piperidine rings is 1. The summed E-state index contributed by atoms with van der Waals surface area (Å²) in [4.78, 5) is 27.8. The smallest absolute Gasteiger partial charge is 0.225 e. The minimum absolute atomic E-state index is 0.0315. The van der Waals surface area contributed by atoms with Crippen LogP contribution in [0, 0.1) is 0 Å². The summed E-state index contributed by atoms with van der Waals surface area (Å²) in [5.41, 5.74) is 1.85. The average molecular weight is 347 g/mol. The second-order valence-corrected chi connectivity index (χ2v) is 6.57. The van der Waals surface area contributed by atoms with Crippen LogP contribution in [-0.2, 0) is 11.2 Å². The molecule has 6 heteroatoms. The van der Waals surface area contributed by atoms with Gasteiger partial charge in [0, 0.05) is 43.1 Å². The third kappa shape index (κ3) is 3.64. The van der Waals surface area contributed by atoms with Crippen LogP contribution in [0.5, 0.6) is 0 Å². The number of para-hydroxylation sites is 1. The molecule has 3 aromatic rings. The van der Waals surface area contributed by atoms with Gasteiger partial charge in [-0.05, 0) is 30.5 Å². The number of anilines is 1. The van der Waals surface area contributed by atoms with Crippen molar-refractivity contribution >= 4 is 22.8 Å². The van der Waals surface area contributed by atoms with Crippen molar-refractivity contribution in [3.8, 4) is 0 Å². The molecule has 0 unspecified atom stereocenters. The molecule has 6 nitrogen and oxygen atoms in total. The van der Waals surface area contributed by atoms with Gasteiger partial charge in [-0.3, -0.25) is 9.78 Å². The van der Waals surface area contributed by atoms with Crippen LogP contribution in [0.1, 0.15) is 18.4 Å². The van der Waals surface area contributed by atoms with Crippen molar-refractivity contribution in [2.45, 2.75) is 25.3 Å². The van der Waals surface area contributed by atoms with E-state index in [1.165, 1.54) is 0 Å². The normalized spacial score (nSPS) is 17.2. The zero-order valence-corrected chi connectivity index (χ0v) is 14.5. The van der Waals surface area contributed by atoms with Crippen LogP contribution in [0.2, 0.25) is 0 Å². The maximum atomic E-state index is 12.6. The molecule has 1 aromatic carbocycles. The molecule has 132 valence electrons. The third-order valence-corrected chi connectivity index (χ3v) is 4.69. The number of amides is 1. The van der Waals surface area contributed by atoms with Gasteiger partial charge >= 0.3 is 0 Å². The van der Waals surface area contributed by atoms with E-state index in [9.17, 15) is 4.79 Å². The van der Waals surface area contributed by atoms with Crippen molar-refractivity contribution in [1.82, 2.24) is 20.3 Å². The molecule has 0 aliphatic carbocycles. The van der Waals surface area contributed by atoms with Gasteiger partial charge in [-0.15, -0.1) is 0 Å². The van der Waals surface area contributed by atoms with Crippen molar-refractivity contribution in [3.05, 3.63) is 60.6 Å². The van der Waals surface area contributed by atoms with Crippen LogP contribution in [0.25, 0.3) is 10.9 Å². The van der Waals surface area contributed by atoms with Gasteiger partial charge in [0.1, 0.15) is 0 Å². The van der Waals surface area contributed by atoms with E-state index in [0.29, 0.717) is 6.42 Å².